The Hall–Kier alpha value is -2.09. The molecule has 1 heterocycles. The van der Waals surface area contributed by atoms with Crippen LogP contribution in [0.3, 0.4) is 0 Å². The molecule has 3 rings (SSSR count). The van der Waals surface area contributed by atoms with E-state index in [1.54, 1.807) is 6.07 Å². The molecule has 2 fully saturated rings. The number of benzene rings is 1. The molecule has 2 atom stereocenters. The minimum Gasteiger partial charge on any atom is -0.481 e. The number of halogens is 1. The zero-order chi connectivity index (χ0) is 17.8. The lowest BCUT2D eigenvalue weighted by atomic mass is 9.89. The largest absolute Gasteiger partial charge is 0.481 e. The van der Waals surface area contributed by atoms with Gasteiger partial charge in [-0.25, -0.2) is 4.39 Å². The first-order valence-electron chi connectivity index (χ1n) is 8.22. The van der Waals surface area contributed by atoms with Gasteiger partial charge in [0, 0.05) is 6.04 Å². The second-order valence-electron chi connectivity index (χ2n) is 6.06. The summed E-state index contributed by atoms with van der Waals surface area (Å²) in [5.41, 5.74) is 0. The fourth-order valence-electron chi connectivity index (χ4n) is 3.23. The van der Waals surface area contributed by atoms with Crippen LogP contribution < -0.4 is 10.1 Å². The van der Waals surface area contributed by atoms with Crippen molar-refractivity contribution in [1.82, 2.24) is 10.2 Å². The average molecular weight is 366 g/mol. The van der Waals surface area contributed by atoms with Crippen LogP contribution in [0.5, 0.6) is 5.75 Å². The molecule has 1 saturated heterocycles. The molecule has 8 heteroatoms. The van der Waals surface area contributed by atoms with Gasteiger partial charge in [0.2, 0.25) is 5.91 Å². The summed E-state index contributed by atoms with van der Waals surface area (Å²) in [4.78, 5) is 37.4. The SMILES string of the molecule is O=C(COc1ccccc1F)N[C@@H]1CCCC[C@@H]1N1C(=O)CSC1=O. The Morgan fingerprint density at radius 1 is 1.28 bits per heavy atom. The second-order valence-corrected chi connectivity index (χ2v) is 6.99. The second kappa shape index (κ2) is 7.86. The quantitative estimate of drug-likeness (QED) is 0.866. The molecule has 1 aliphatic heterocycles. The van der Waals surface area contributed by atoms with Crippen LogP contribution >= 0.6 is 11.8 Å². The number of para-hydroxylation sites is 1. The van der Waals surface area contributed by atoms with E-state index in [4.69, 9.17) is 4.74 Å². The number of rotatable bonds is 5. The topological polar surface area (TPSA) is 75.7 Å². The molecule has 0 spiro atoms. The van der Waals surface area contributed by atoms with Crippen molar-refractivity contribution in [3.8, 4) is 5.75 Å². The van der Waals surface area contributed by atoms with Crippen LogP contribution in [0.25, 0.3) is 0 Å². The average Bonchev–Trinajstić information content (AvgIpc) is 2.93. The van der Waals surface area contributed by atoms with E-state index >= 15 is 0 Å². The summed E-state index contributed by atoms with van der Waals surface area (Å²) in [6.45, 7) is -0.319. The van der Waals surface area contributed by atoms with Gasteiger partial charge in [-0.05, 0) is 25.0 Å². The van der Waals surface area contributed by atoms with Gasteiger partial charge in [-0.1, -0.05) is 36.7 Å². The van der Waals surface area contributed by atoms with E-state index in [0.29, 0.717) is 12.8 Å². The van der Waals surface area contributed by atoms with E-state index in [9.17, 15) is 18.8 Å². The maximum Gasteiger partial charge on any atom is 0.289 e. The maximum atomic E-state index is 13.5. The van der Waals surface area contributed by atoms with Gasteiger partial charge >= 0.3 is 0 Å². The number of imide groups is 1. The zero-order valence-corrected chi connectivity index (χ0v) is 14.4. The Bertz CT molecular complexity index is 668. The third-order valence-corrected chi connectivity index (χ3v) is 5.22. The van der Waals surface area contributed by atoms with E-state index in [-0.39, 0.29) is 41.3 Å². The van der Waals surface area contributed by atoms with Gasteiger partial charge in [0.05, 0.1) is 11.8 Å². The highest BCUT2D eigenvalue weighted by Gasteiger charge is 2.41. The Morgan fingerprint density at radius 2 is 2.04 bits per heavy atom. The molecule has 0 aromatic heterocycles. The lowest BCUT2D eigenvalue weighted by molar-refractivity contribution is -0.129. The summed E-state index contributed by atoms with van der Waals surface area (Å²) in [7, 11) is 0. The molecule has 3 amide bonds. The minimum absolute atomic E-state index is 0.0131. The number of ether oxygens (including phenoxy) is 1. The predicted octanol–water partition coefficient (Wildman–Crippen LogP) is 2.33. The van der Waals surface area contributed by atoms with Crippen molar-refractivity contribution in [1.29, 1.82) is 0 Å². The van der Waals surface area contributed by atoms with Crippen molar-refractivity contribution in [2.24, 2.45) is 0 Å². The summed E-state index contributed by atoms with van der Waals surface area (Å²) in [6.07, 6.45) is 3.19. The number of thioether (sulfide) groups is 1. The van der Waals surface area contributed by atoms with Crippen LogP contribution in [0.4, 0.5) is 9.18 Å². The number of nitrogens with zero attached hydrogens (tertiary/aromatic N) is 1. The van der Waals surface area contributed by atoms with Crippen molar-refractivity contribution in [3.63, 3.8) is 0 Å². The fraction of sp³-hybridized carbons (Fsp3) is 0.471. The summed E-state index contributed by atoms with van der Waals surface area (Å²) >= 11 is 0.996. The number of carbonyl (C=O) groups is 3. The fourth-order valence-corrected chi connectivity index (χ4v) is 3.99. The Morgan fingerprint density at radius 3 is 2.76 bits per heavy atom. The number of amides is 3. The van der Waals surface area contributed by atoms with Gasteiger partial charge in [0.1, 0.15) is 0 Å². The summed E-state index contributed by atoms with van der Waals surface area (Å²) < 4.78 is 18.7. The normalized spacial score (nSPS) is 23.6. The Balaban J connectivity index is 1.59. The molecule has 0 bridgehead atoms. The van der Waals surface area contributed by atoms with Gasteiger partial charge < -0.3 is 10.1 Å². The number of hydrogen-bond acceptors (Lipinski definition) is 5. The molecule has 2 aliphatic rings. The standard InChI is InChI=1S/C17H19FN2O4S/c18-11-5-1-4-8-14(11)24-9-15(21)19-12-6-2-3-7-13(12)20-16(22)10-25-17(20)23/h1,4-5,8,12-13H,2-3,6-7,9-10H2,(H,19,21)/t12-,13+/m1/s1. The van der Waals surface area contributed by atoms with Crippen molar-refractivity contribution in [3.05, 3.63) is 30.1 Å². The third kappa shape index (κ3) is 4.12. The molecule has 1 aromatic rings. The predicted molar refractivity (Wildman–Crippen MR) is 90.8 cm³/mol. The molecule has 1 aromatic carbocycles. The lowest BCUT2D eigenvalue weighted by Crippen LogP contribution is -2.55. The molecule has 1 N–H and O–H groups in total. The van der Waals surface area contributed by atoms with Crippen molar-refractivity contribution in [2.45, 2.75) is 37.8 Å². The van der Waals surface area contributed by atoms with Gasteiger partial charge in [-0.2, -0.15) is 0 Å². The minimum atomic E-state index is -0.531. The zero-order valence-electron chi connectivity index (χ0n) is 13.6. The third-order valence-electron chi connectivity index (χ3n) is 4.39. The van der Waals surface area contributed by atoms with Crippen molar-refractivity contribution >= 4 is 28.8 Å². The van der Waals surface area contributed by atoms with Crippen LogP contribution in [0.1, 0.15) is 25.7 Å². The highest BCUT2D eigenvalue weighted by molar-refractivity contribution is 8.14. The van der Waals surface area contributed by atoms with Crippen LogP contribution in [0.2, 0.25) is 0 Å². The molecule has 1 saturated carbocycles. The van der Waals surface area contributed by atoms with Crippen LogP contribution in [0, 0.1) is 5.82 Å². The first-order chi connectivity index (χ1) is 12.1. The van der Waals surface area contributed by atoms with Gasteiger partial charge in [-0.15, -0.1) is 0 Å². The molecular formula is C17H19FN2O4S. The monoisotopic (exact) mass is 366 g/mol. The summed E-state index contributed by atoms with van der Waals surface area (Å²) in [5, 5.41) is 2.58. The van der Waals surface area contributed by atoms with Crippen molar-refractivity contribution < 1.29 is 23.5 Å². The van der Waals surface area contributed by atoms with E-state index in [2.05, 4.69) is 5.32 Å². The smallest absolute Gasteiger partial charge is 0.289 e. The van der Waals surface area contributed by atoms with Gasteiger partial charge in [0.25, 0.3) is 11.1 Å². The van der Waals surface area contributed by atoms with Crippen LogP contribution in [-0.2, 0) is 9.59 Å². The lowest BCUT2D eigenvalue weighted by Gasteiger charge is -2.36. The number of hydrogen-bond donors (Lipinski definition) is 1. The Labute approximate surface area is 149 Å². The van der Waals surface area contributed by atoms with Gasteiger partial charge in [0.15, 0.2) is 18.2 Å². The van der Waals surface area contributed by atoms with E-state index in [1.807, 2.05) is 0 Å². The van der Waals surface area contributed by atoms with Crippen molar-refractivity contribution in [2.75, 3.05) is 12.4 Å². The van der Waals surface area contributed by atoms with Gasteiger partial charge in [-0.3, -0.25) is 19.3 Å². The number of nitrogens with one attached hydrogen (secondary N) is 1. The Kier molecular flexibility index (Phi) is 5.57. The van der Waals surface area contributed by atoms with Crippen LogP contribution in [0.15, 0.2) is 24.3 Å². The molecule has 134 valence electrons. The summed E-state index contributed by atoms with van der Waals surface area (Å²) in [5.74, 6) is -0.960. The van der Waals surface area contributed by atoms with E-state index in [1.165, 1.54) is 23.1 Å². The highest BCUT2D eigenvalue weighted by atomic mass is 32.2. The van der Waals surface area contributed by atoms with E-state index < -0.39 is 11.7 Å². The first kappa shape index (κ1) is 17.7. The molecule has 0 radical (unpaired) electrons. The van der Waals surface area contributed by atoms with Crippen LogP contribution in [-0.4, -0.2) is 46.4 Å². The molecule has 1 aliphatic carbocycles. The molecule has 0 unspecified atom stereocenters. The summed E-state index contributed by atoms with van der Waals surface area (Å²) in [6, 6.07) is 5.25. The first-order valence-corrected chi connectivity index (χ1v) is 9.20. The molecule has 6 nitrogen and oxygen atoms in total. The molecule has 25 heavy (non-hydrogen) atoms. The highest BCUT2D eigenvalue weighted by Crippen LogP contribution is 2.30. The molecular weight excluding hydrogens is 347 g/mol. The number of carbonyl (C=O) groups excluding carboxylic acids is 3. The van der Waals surface area contributed by atoms with E-state index in [0.717, 1.165) is 24.6 Å². The maximum absolute atomic E-state index is 13.5.